The Labute approximate surface area is 168 Å². The van der Waals surface area contributed by atoms with Crippen molar-refractivity contribution in [3.63, 3.8) is 0 Å². The predicted octanol–water partition coefficient (Wildman–Crippen LogP) is -2.28. The van der Waals surface area contributed by atoms with Gasteiger partial charge in [-0.2, -0.15) is 0 Å². The molecule has 0 unspecified atom stereocenters. The van der Waals surface area contributed by atoms with Crippen molar-refractivity contribution in [1.29, 1.82) is 0 Å². The van der Waals surface area contributed by atoms with Crippen molar-refractivity contribution in [3.8, 4) is 0 Å². The highest BCUT2D eigenvalue weighted by atomic mass is 16.4. The second-order valence-electron chi connectivity index (χ2n) is 6.03. The van der Waals surface area contributed by atoms with Crippen LogP contribution in [0.5, 0.6) is 0 Å². The summed E-state index contributed by atoms with van der Waals surface area (Å²) in [5.41, 5.74) is -2.56. The smallest absolute Gasteiger partial charge is 0.336 e. The second-order valence-corrected chi connectivity index (χ2v) is 6.03. The third-order valence-electron chi connectivity index (χ3n) is 3.60. The lowest BCUT2D eigenvalue weighted by Gasteiger charge is -2.18. The van der Waals surface area contributed by atoms with E-state index in [0.717, 1.165) is 4.57 Å². The third-order valence-corrected chi connectivity index (χ3v) is 3.60. The van der Waals surface area contributed by atoms with E-state index in [2.05, 4.69) is 4.98 Å². The number of carboxylic acids is 3. The minimum absolute atomic E-state index is 0.250. The van der Waals surface area contributed by atoms with Gasteiger partial charge in [-0.15, -0.1) is 0 Å². The number of nitrogens with zero attached hydrogens (tertiary/aromatic N) is 4. The van der Waals surface area contributed by atoms with E-state index in [1.54, 1.807) is 25.6 Å². The maximum atomic E-state index is 11.7. The highest BCUT2D eigenvalue weighted by Gasteiger charge is 2.40. The van der Waals surface area contributed by atoms with Gasteiger partial charge in [0.1, 0.15) is 0 Å². The fourth-order valence-electron chi connectivity index (χ4n) is 2.19. The van der Waals surface area contributed by atoms with E-state index in [9.17, 15) is 24.0 Å². The summed E-state index contributed by atoms with van der Waals surface area (Å²) in [4.78, 5) is 57.6. The van der Waals surface area contributed by atoms with Gasteiger partial charge in [-0.05, 0) is 6.92 Å². The Morgan fingerprint density at radius 1 is 1.00 bits per heavy atom. The fourth-order valence-corrected chi connectivity index (χ4v) is 2.19. The molecule has 0 bridgehead atoms. The molecule has 0 saturated carbocycles. The summed E-state index contributed by atoms with van der Waals surface area (Å²) in [6.07, 6.45) is -0.769. The van der Waals surface area contributed by atoms with Gasteiger partial charge in [-0.3, -0.25) is 23.5 Å². The van der Waals surface area contributed by atoms with Crippen LogP contribution in [0.25, 0.3) is 11.2 Å². The van der Waals surface area contributed by atoms with Crippen LogP contribution in [-0.4, -0.2) is 74.3 Å². The molecular weight excluding hydrogens is 408 g/mol. The molecule has 0 amide bonds. The zero-order valence-electron chi connectivity index (χ0n) is 16.8. The van der Waals surface area contributed by atoms with Crippen molar-refractivity contribution < 1.29 is 39.9 Å². The minimum Gasteiger partial charge on any atom is -0.481 e. The summed E-state index contributed by atoms with van der Waals surface area (Å²) in [5, 5.41) is 41.4. The molecule has 2 aromatic rings. The number of aromatic nitrogens is 4. The molecule has 30 heavy (non-hydrogen) atoms. The molecule has 0 spiro atoms. The Bertz CT molecular complexity index is 1020. The number of aryl methyl sites for hydroxylation is 2. The predicted molar refractivity (Wildman–Crippen MR) is 101 cm³/mol. The summed E-state index contributed by atoms with van der Waals surface area (Å²) in [6.45, 7) is 1.93. The first-order chi connectivity index (χ1) is 13.7. The Balaban J connectivity index is 0.000000498. The second kappa shape index (κ2) is 10.9. The van der Waals surface area contributed by atoms with E-state index in [0.29, 0.717) is 11.2 Å². The average molecular weight is 432 g/mol. The number of aliphatic hydroxyl groups is 2. The SMILES string of the molecule is CCO.Cn1c(=O)c2c(ncn2C)n(C)c1=O.O=C(O)CC(O)(CC(=O)O)C(=O)O. The highest BCUT2D eigenvalue weighted by molar-refractivity contribution is 5.88. The molecule has 2 heterocycles. The van der Waals surface area contributed by atoms with Gasteiger partial charge >= 0.3 is 23.6 Å². The van der Waals surface area contributed by atoms with Crippen molar-refractivity contribution in [3.05, 3.63) is 27.2 Å². The Morgan fingerprint density at radius 3 is 1.80 bits per heavy atom. The summed E-state index contributed by atoms with van der Waals surface area (Å²) in [6, 6.07) is 0. The van der Waals surface area contributed by atoms with Crippen molar-refractivity contribution in [2.75, 3.05) is 6.61 Å². The Kier molecular flexibility index (Phi) is 9.59. The van der Waals surface area contributed by atoms with Crippen LogP contribution >= 0.6 is 0 Å². The number of carboxylic acid groups (broad SMARTS) is 3. The Morgan fingerprint density at radius 2 is 1.43 bits per heavy atom. The minimum atomic E-state index is -2.74. The monoisotopic (exact) mass is 432 g/mol. The van der Waals surface area contributed by atoms with Crippen LogP contribution in [0.2, 0.25) is 0 Å². The molecule has 0 aliphatic heterocycles. The number of hydrogen-bond acceptors (Lipinski definition) is 8. The fraction of sp³-hybridized carbons (Fsp3) is 0.500. The summed E-state index contributed by atoms with van der Waals surface area (Å²) in [5.74, 6) is -5.02. The first kappa shape index (κ1) is 26.5. The number of fused-ring (bicyclic) bond motifs is 1. The lowest BCUT2D eigenvalue weighted by molar-refractivity contribution is -0.170. The van der Waals surface area contributed by atoms with E-state index in [1.807, 2.05) is 0 Å². The molecule has 14 heteroatoms. The highest BCUT2D eigenvalue weighted by Crippen LogP contribution is 2.15. The van der Waals surface area contributed by atoms with E-state index >= 15 is 0 Å². The van der Waals surface area contributed by atoms with Crippen molar-refractivity contribution in [1.82, 2.24) is 18.7 Å². The quantitative estimate of drug-likeness (QED) is 0.339. The molecule has 0 aromatic carbocycles. The normalized spacial score (nSPS) is 10.5. The van der Waals surface area contributed by atoms with Gasteiger partial charge in [0, 0.05) is 27.7 Å². The van der Waals surface area contributed by atoms with Crippen molar-refractivity contribution >= 4 is 29.1 Å². The molecule has 0 fully saturated rings. The maximum absolute atomic E-state index is 11.7. The molecular formula is C16H24N4O10. The number of imidazole rings is 1. The molecule has 168 valence electrons. The molecule has 0 atom stereocenters. The molecule has 0 aliphatic carbocycles. The average Bonchev–Trinajstić information content (AvgIpc) is 2.99. The van der Waals surface area contributed by atoms with E-state index in [1.165, 1.54) is 17.9 Å². The van der Waals surface area contributed by atoms with Crippen LogP contribution in [0, 0.1) is 0 Å². The molecule has 0 radical (unpaired) electrons. The molecule has 2 aromatic heterocycles. The van der Waals surface area contributed by atoms with Crippen molar-refractivity contribution in [2.45, 2.75) is 25.4 Å². The molecule has 5 N–H and O–H groups in total. The standard InChI is InChI=1S/C8H10N4O2.C6H8O7.C2H6O/c1-10-4-9-6-5(10)7(13)12(3)8(14)11(6)2;7-3(8)1-6(13,5(11)12)2-4(9)10;1-2-3/h4H,1-3H3;13H,1-2H2,(H,7,8)(H,9,10)(H,11,12);3H,2H2,1H3. The number of hydrogen-bond donors (Lipinski definition) is 5. The van der Waals surface area contributed by atoms with Gasteiger partial charge in [-0.25, -0.2) is 14.6 Å². The molecule has 0 saturated heterocycles. The molecule has 0 aliphatic rings. The zero-order valence-corrected chi connectivity index (χ0v) is 16.8. The zero-order chi connectivity index (χ0) is 23.8. The maximum Gasteiger partial charge on any atom is 0.336 e. The lowest BCUT2D eigenvalue weighted by Crippen LogP contribution is -2.42. The van der Waals surface area contributed by atoms with Crippen LogP contribution in [0.3, 0.4) is 0 Å². The lowest BCUT2D eigenvalue weighted by atomic mass is 9.96. The van der Waals surface area contributed by atoms with Gasteiger partial charge in [0.15, 0.2) is 16.8 Å². The first-order valence-corrected chi connectivity index (χ1v) is 8.30. The number of rotatable bonds is 5. The van der Waals surface area contributed by atoms with E-state index in [-0.39, 0.29) is 17.9 Å². The number of carbonyl (C=O) groups is 3. The van der Waals surface area contributed by atoms with E-state index in [4.69, 9.17) is 25.5 Å². The van der Waals surface area contributed by atoms with Crippen LogP contribution < -0.4 is 11.2 Å². The van der Waals surface area contributed by atoms with Crippen LogP contribution in [0.1, 0.15) is 19.8 Å². The first-order valence-electron chi connectivity index (χ1n) is 8.30. The Hall–Kier alpha value is -3.52. The van der Waals surface area contributed by atoms with Gasteiger partial charge in [-0.1, -0.05) is 0 Å². The molecule has 2 rings (SSSR count). The summed E-state index contributed by atoms with van der Waals surface area (Å²) >= 11 is 0. The van der Waals surface area contributed by atoms with Crippen molar-refractivity contribution in [2.24, 2.45) is 21.1 Å². The van der Waals surface area contributed by atoms with Crippen LogP contribution in [0.15, 0.2) is 15.9 Å². The van der Waals surface area contributed by atoms with Gasteiger partial charge < -0.3 is 30.1 Å². The van der Waals surface area contributed by atoms with Gasteiger partial charge in [0.2, 0.25) is 0 Å². The third kappa shape index (κ3) is 6.52. The number of aliphatic hydroxyl groups excluding tert-OH is 1. The molecule has 14 nitrogen and oxygen atoms in total. The van der Waals surface area contributed by atoms with Gasteiger partial charge in [0.05, 0.1) is 19.2 Å². The summed E-state index contributed by atoms with van der Waals surface area (Å²) < 4.78 is 4.04. The largest absolute Gasteiger partial charge is 0.481 e. The van der Waals surface area contributed by atoms with Crippen LogP contribution in [0.4, 0.5) is 0 Å². The topological polar surface area (TPSA) is 214 Å². The van der Waals surface area contributed by atoms with Crippen LogP contribution in [-0.2, 0) is 35.5 Å². The van der Waals surface area contributed by atoms with Gasteiger partial charge in [0.25, 0.3) is 5.56 Å². The van der Waals surface area contributed by atoms with E-state index < -0.39 is 36.4 Å². The summed E-state index contributed by atoms with van der Waals surface area (Å²) in [7, 11) is 4.77. The number of aliphatic carboxylic acids is 3.